The summed E-state index contributed by atoms with van der Waals surface area (Å²) >= 11 is 6.11. The van der Waals surface area contributed by atoms with Crippen molar-refractivity contribution in [1.29, 1.82) is 0 Å². The fraction of sp³-hybridized carbons (Fsp3) is 0.438. The number of benzene rings is 1. The summed E-state index contributed by atoms with van der Waals surface area (Å²) in [5.74, 6) is -1.90. The number of halogens is 4. The van der Waals surface area contributed by atoms with Crippen LogP contribution >= 0.6 is 11.6 Å². The Kier molecular flexibility index (Phi) is 5.59. The van der Waals surface area contributed by atoms with Crippen molar-refractivity contribution in [2.75, 3.05) is 19.8 Å². The second kappa shape index (κ2) is 7.73. The minimum atomic E-state index is -4.73. The molecule has 1 aliphatic heterocycles. The van der Waals surface area contributed by atoms with Crippen LogP contribution in [0.3, 0.4) is 0 Å². The van der Waals surface area contributed by atoms with Crippen molar-refractivity contribution in [3.8, 4) is 11.4 Å². The minimum Gasteiger partial charge on any atom is -0.376 e. The van der Waals surface area contributed by atoms with Crippen molar-refractivity contribution < 1.29 is 32.0 Å². The van der Waals surface area contributed by atoms with Crippen molar-refractivity contribution in [3.05, 3.63) is 34.7 Å². The molecular formula is C16H14ClF3N2O4. The minimum absolute atomic E-state index is 0.103. The van der Waals surface area contributed by atoms with E-state index in [4.69, 9.17) is 21.1 Å². The molecule has 1 aromatic heterocycles. The van der Waals surface area contributed by atoms with E-state index in [-0.39, 0.29) is 40.3 Å². The normalized spacial score (nSPS) is 18.1. The molecule has 1 atom stereocenters. The van der Waals surface area contributed by atoms with Gasteiger partial charge in [-0.1, -0.05) is 22.8 Å². The van der Waals surface area contributed by atoms with Crippen molar-refractivity contribution in [3.63, 3.8) is 0 Å². The van der Waals surface area contributed by atoms with Crippen LogP contribution in [0.1, 0.15) is 29.1 Å². The number of ketones is 1. The molecule has 1 fully saturated rings. The highest BCUT2D eigenvalue weighted by Crippen LogP contribution is 2.31. The molecule has 0 radical (unpaired) electrons. The molecule has 1 unspecified atom stereocenters. The number of alkyl halides is 3. The predicted molar refractivity (Wildman–Crippen MR) is 83.9 cm³/mol. The van der Waals surface area contributed by atoms with Crippen LogP contribution < -0.4 is 0 Å². The Hall–Kier alpha value is -1.97. The number of rotatable bonds is 5. The van der Waals surface area contributed by atoms with Crippen molar-refractivity contribution in [2.45, 2.75) is 25.1 Å². The molecule has 140 valence electrons. The lowest BCUT2D eigenvalue weighted by atomic mass is 10.0. The third kappa shape index (κ3) is 4.40. The van der Waals surface area contributed by atoms with Crippen LogP contribution in [0.5, 0.6) is 0 Å². The molecule has 6 nitrogen and oxygen atoms in total. The molecule has 0 amide bonds. The third-order valence-electron chi connectivity index (χ3n) is 3.77. The molecule has 0 saturated carbocycles. The second-order valence-electron chi connectivity index (χ2n) is 5.65. The molecule has 2 aromatic rings. The topological polar surface area (TPSA) is 74.5 Å². The average Bonchev–Trinajstić information content (AvgIpc) is 3.11. The van der Waals surface area contributed by atoms with Crippen molar-refractivity contribution in [1.82, 2.24) is 10.1 Å². The van der Waals surface area contributed by atoms with E-state index in [0.29, 0.717) is 26.2 Å². The molecule has 10 heteroatoms. The van der Waals surface area contributed by atoms with E-state index >= 15 is 0 Å². The lowest BCUT2D eigenvalue weighted by Crippen LogP contribution is -2.29. The van der Waals surface area contributed by atoms with Crippen LogP contribution in [-0.4, -0.2) is 41.8 Å². The Morgan fingerprint density at radius 2 is 2.12 bits per heavy atom. The van der Waals surface area contributed by atoms with E-state index in [1.54, 1.807) is 0 Å². The maximum Gasteiger partial charge on any atom is 0.471 e. The van der Waals surface area contributed by atoms with Crippen LogP contribution in [0.15, 0.2) is 22.7 Å². The van der Waals surface area contributed by atoms with Crippen LogP contribution in [0.25, 0.3) is 11.4 Å². The van der Waals surface area contributed by atoms with Gasteiger partial charge in [0.2, 0.25) is 5.82 Å². The number of hydrogen-bond acceptors (Lipinski definition) is 6. The van der Waals surface area contributed by atoms with E-state index in [0.717, 1.165) is 0 Å². The van der Waals surface area contributed by atoms with Gasteiger partial charge in [-0.05, 0) is 18.6 Å². The van der Waals surface area contributed by atoms with Gasteiger partial charge in [-0.2, -0.15) is 18.2 Å². The summed E-state index contributed by atoms with van der Waals surface area (Å²) in [7, 11) is 0. The van der Waals surface area contributed by atoms with Crippen molar-refractivity contribution >= 4 is 17.4 Å². The summed E-state index contributed by atoms with van der Waals surface area (Å²) in [5.41, 5.74) is 0.487. The van der Waals surface area contributed by atoms with Gasteiger partial charge in [0, 0.05) is 17.5 Å². The van der Waals surface area contributed by atoms with Gasteiger partial charge in [0.15, 0.2) is 5.78 Å². The summed E-state index contributed by atoms with van der Waals surface area (Å²) in [4.78, 5) is 15.6. The molecule has 0 bridgehead atoms. The average molecular weight is 391 g/mol. The van der Waals surface area contributed by atoms with Crippen LogP contribution in [-0.2, 0) is 15.7 Å². The van der Waals surface area contributed by atoms with Gasteiger partial charge >= 0.3 is 12.1 Å². The Labute approximate surface area is 151 Å². The van der Waals surface area contributed by atoms with Gasteiger partial charge in [-0.25, -0.2) is 0 Å². The van der Waals surface area contributed by atoms with Gasteiger partial charge < -0.3 is 14.0 Å². The molecule has 26 heavy (non-hydrogen) atoms. The highest BCUT2D eigenvalue weighted by molar-refractivity contribution is 6.34. The van der Waals surface area contributed by atoms with E-state index < -0.39 is 12.1 Å². The fourth-order valence-electron chi connectivity index (χ4n) is 2.47. The van der Waals surface area contributed by atoms with Gasteiger partial charge in [0.05, 0.1) is 30.9 Å². The summed E-state index contributed by atoms with van der Waals surface area (Å²) in [6.07, 6.45) is -4.15. The van der Waals surface area contributed by atoms with Crippen LogP contribution in [0.4, 0.5) is 13.2 Å². The summed E-state index contributed by atoms with van der Waals surface area (Å²) in [6, 6.07) is 4.19. The number of carbonyl (C=O) groups excluding carboxylic acids is 1. The van der Waals surface area contributed by atoms with E-state index in [2.05, 4.69) is 14.7 Å². The monoisotopic (exact) mass is 390 g/mol. The fourth-order valence-corrected chi connectivity index (χ4v) is 2.75. The Morgan fingerprint density at radius 3 is 2.73 bits per heavy atom. The number of carbonyl (C=O) groups is 1. The first-order valence-electron chi connectivity index (χ1n) is 7.78. The van der Waals surface area contributed by atoms with Gasteiger partial charge in [-0.15, -0.1) is 0 Å². The summed E-state index contributed by atoms with van der Waals surface area (Å²) in [5, 5.41) is 3.39. The molecule has 0 aliphatic carbocycles. The molecule has 3 rings (SSSR count). The zero-order chi connectivity index (χ0) is 18.7. The first-order valence-corrected chi connectivity index (χ1v) is 8.16. The standard InChI is InChI=1S/C16H14ClF3N2O4/c17-12-7-9(14-21-15(26-22-14)16(18,19)20)1-3-11(12)13(23)4-2-10-8-24-5-6-25-10/h1,3,7,10H,2,4-6,8H2. The maximum atomic E-state index is 12.5. The molecule has 1 aliphatic rings. The number of nitrogens with zero attached hydrogens (tertiary/aromatic N) is 2. The number of Topliss-reactive ketones (excluding diaryl/α,β-unsaturated/α-hetero) is 1. The molecule has 1 aromatic carbocycles. The van der Waals surface area contributed by atoms with Crippen molar-refractivity contribution in [2.24, 2.45) is 0 Å². The maximum absolute atomic E-state index is 12.5. The molecule has 0 spiro atoms. The van der Waals surface area contributed by atoms with E-state index in [9.17, 15) is 18.0 Å². The third-order valence-corrected chi connectivity index (χ3v) is 4.09. The quantitative estimate of drug-likeness (QED) is 0.723. The molecule has 0 N–H and O–H groups in total. The number of hydrogen-bond donors (Lipinski definition) is 0. The Balaban J connectivity index is 1.68. The highest BCUT2D eigenvalue weighted by Gasteiger charge is 2.38. The van der Waals surface area contributed by atoms with Crippen LogP contribution in [0, 0.1) is 0 Å². The zero-order valence-corrected chi connectivity index (χ0v) is 14.1. The van der Waals surface area contributed by atoms with Crippen LogP contribution in [0.2, 0.25) is 5.02 Å². The molecule has 1 saturated heterocycles. The Bertz CT molecular complexity index is 788. The summed E-state index contributed by atoms with van der Waals surface area (Å²) < 4.78 is 52.5. The smallest absolute Gasteiger partial charge is 0.376 e. The van der Waals surface area contributed by atoms with E-state index in [1.165, 1.54) is 18.2 Å². The Morgan fingerprint density at radius 1 is 1.31 bits per heavy atom. The number of ether oxygens (including phenoxy) is 2. The highest BCUT2D eigenvalue weighted by atomic mass is 35.5. The van der Waals surface area contributed by atoms with Gasteiger partial charge in [0.25, 0.3) is 0 Å². The first-order chi connectivity index (χ1) is 12.3. The first kappa shape index (κ1) is 18.8. The second-order valence-corrected chi connectivity index (χ2v) is 6.05. The number of aromatic nitrogens is 2. The van der Waals surface area contributed by atoms with Gasteiger partial charge in [0.1, 0.15) is 0 Å². The summed E-state index contributed by atoms with van der Waals surface area (Å²) in [6.45, 7) is 1.49. The largest absolute Gasteiger partial charge is 0.471 e. The van der Waals surface area contributed by atoms with E-state index in [1.807, 2.05) is 0 Å². The zero-order valence-electron chi connectivity index (χ0n) is 13.4. The molecular weight excluding hydrogens is 377 g/mol. The lowest BCUT2D eigenvalue weighted by Gasteiger charge is -2.22. The van der Waals surface area contributed by atoms with Gasteiger partial charge in [-0.3, -0.25) is 4.79 Å². The predicted octanol–water partition coefficient (Wildman–Crippen LogP) is 3.79. The SMILES string of the molecule is O=C(CCC1COCCO1)c1ccc(-c2noc(C(F)(F)F)n2)cc1Cl. The lowest BCUT2D eigenvalue weighted by molar-refractivity contribution is -0.159. The molecule has 2 heterocycles.